The summed E-state index contributed by atoms with van der Waals surface area (Å²) in [7, 11) is 1.95. The van der Waals surface area contributed by atoms with E-state index in [-0.39, 0.29) is 12.1 Å². The van der Waals surface area contributed by atoms with Crippen molar-refractivity contribution in [2.75, 3.05) is 37.7 Å². The van der Waals surface area contributed by atoms with Crippen LogP contribution in [0.4, 0.5) is 5.82 Å². The number of benzene rings is 2. The second-order valence-electron chi connectivity index (χ2n) is 13.2. The van der Waals surface area contributed by atoms with Gasteiger partial charge in [-0.3, -0.25) is 9.58 Å². The van der Waals surface area contributed by atoms with Crippen molar-refractivity contribution >= 4 is 33.7 Å². The summed E-state index contributed by atoms with van der Waals surface area (Å²) in [5.41, 5.74) is 3.95. The van der Waals surface area contributed by atoms with Gasteiger partial charge in [0.2, 0.25) is 5.88 Å². The minimum atomic E-state index is -0.556. The standard InChI is InChI=1S/C35H41N7O4/c1-35(2,3)46-34(43)25-10-11-28-30(19-25)42(21-27-12-17-44-27)32(37-28)22-40-13-15-41(16-14-40)31-6-5-7-33(38-31)45-23-24-8-9-26-20-36-39(4)29(26)18-24/h5-11,18-20,27H,12-17,21-23H2,1-4H3/t27-/m0/s1. The molecule has 1 atom stereocenters. The molecule has 0 spiro atoms. The maximum Gasteiger partial charge on any atom is 0.338 e. The first-order valence-corrected chi connectivity index (χ1v) is 16.0. The second kappa shape index (κ2) is 12.4. The Morgan fingerprint density at radius 3 is 2.59 bits per heavy atom. The molecule has 0 N–H and O–H groups in total. The van der Waals surface area contributed by atoms with Crippen LogP contribution in [0.1, 0.15) is 48.9 Å². The van der Waals surface area contributed by atoms with Gasteiger partial charge in [-0.15, -0.1) is 0 Å². The largest absolute Gasteiger partial charge is 0.473 e. The fourth-order valence-electron chi connectivity index (χ4n) is 6.03. The van der Waals surface area contributed by atoms with Crippen molar-refractivity contribution in [2.24, 2.45) is 7.05 Å². The lowest BCUT2D eigenvalue weighted by atomic mass is 10.1. The van der Waals surface area contributed by atoms with E-state index in [0.29, 0.717) is 24.6 Å². The number of imidazole rings is 1. The van der Waals surface area contributed by atoms with Gasteiger partial charge in [0, 0.05) is 51.3 Å². The number of rotatable bonds is 9. The predicted octanol–water partition coefficient (Wildman–Crippen LogP) is 4.96. The van der Waals surface area contributed by atoms with E-state index < -0.39 is 5.60 Å². The lowest BCUT2D eigenvalue weighted by Gasteiger charge is -2.35. The van der Waals surface area contributed by atoms with E-state index in [1.807, 2.05) is 69.0 Å². The van der Waals surface area contributed by atoms with Crippen molar-refractivity contribution in [3.05, 3.63) is 77.7 Å². The van der Waals surface area contributed by atoms with Gasteiger partial charge in [0.05, 0.1) is 47.5 Å². The third-order valence-electron chi connectivity index (χ3n) is 8.61. The average molecular weight is 624 g/mol. The van der Waals surface area contributed by atoms with Crippen LogP contribution in [0.15, 0.2) is 60.8 Å². The first kappa shape index (κ1) is 30.2. The van der Waals surface area contributed by atoms with Crippen molar-refractivity contribution in [1.29, 1.82) is 0 Å². The highest BCUT2D eigenvalue weighted by Crippen LogP contribution is 2.26. The molecular weight excluding hydrogens is 582 g/mol. The SMILES string of the molecule is Cn1ncc2ccc(COc3cccc(N4CCN(Cc5nc6ccc(C(=O)OC(C)(C)C)cc6n5C[C@@H]5CCO5)CC4)n3)cc21. The lowest BCUT2D eigenvalue weighted by molar-refractivity contribution is -0.0592. The summed E-state index contributed by atoms with van der Waals surface area (Å²) in [4.78, 5) is 27.4. The van der Waals surface area contributed by atoms with Crippen molar-refractivity contribution in [2.45, 2.75) is 58.6 Å². The summed E-state index contributed by atoms with van der Waals surface area (Å²) >= 11 is 0. The number of ether oxygens (including phenoxy) is 3. The van der Waals surface area contributed by atoms with Crippen molar-refractivity contribution in [3.8, 4) is 5.88 Å². The molecule has 5 aromatic rings. The number of nitrogens with zero attached hydrogens (tertiary/aromatic N) is 7. The molecule has 11 heteroatoms. The molecule has 0 bridgehead atoms. The van der Waals surface area contributed by atoms with Gasteiger partial charge in [0.15, 0.2) is 0 Å². The van der Waals surface area contributed by atoms with Crippen LogP contribution >= 0.6 is 0 Å². The summed E-state index contributed by atoms with van der Waals surface area (Å²) in [6.45, 7) is 11.8. The molecule has 0 amide bonds. The molecule has 2 aliphatic rings. The average Bonchev–Trinajstić information content (AvgIpc) is 3.56. The van der Waals surface area contributed by atoms with Crippen molar-refractivity contribution in [1.82, 2.24) is 29.2 Å². The van der Waals surface area contributed by atoms with Gasteiger partial charge in [-0.2, -0.15) is 10.1 Å². The van der Waals surface area contributed by atoms with Gasteiger partial charge in [-0.1, -0.05) is 18.2 Å². The van der Waals surface area contributed by atoms with E-state index in [2.05, 4.69) is 37.7 Å². The van der Waals surface area contributed by atoms with E-state index >= 15 is 0 Å². The molecule has 0 unspecified atom stereocenters. The molecule has 240 valence electrons. The molecule has 7 rings (SSSR count). The zero-order valence-corrected chi connectivity index (χ0v) is 27.0. The van der Waals surface area contributed by atoms with Gasteiger partial charge in [0.1, 0.15) is 23.9 Å². The minimum absolute atomic E-state index is 0.164. The zero-order chi connectivity index (χ0) is 31.8. The normalized spacial score (nSPS) is 17.4. The topological polar surface area (TPSA) is 99.8 Å². The van der Waals surface area contributed by atoms with Crippen LogP contribution in [0.3, 0.4) is 0 Å². The van der Waals surface area contributed by atoms with Crippen LogP contribution in [-0.2, 0) is 36.2 Å². The van der Waals surface area contributed by atoms with Crippen LogP contribution in [-0.4, -0.2) is 79.7 Å². The Morgan fingerprint density at radius 2 is 1.83 bits per heavy atom. The maximum atomic E-state index is 12.8. The van der Waals surface area contributed by atoms with E-state index in [0.717, 1.165) is 84.9 Å². The lowest BCUT2D eigenvalue weighted by Crippen LogP contribution is -2.46. The van der Waals surface area contributed by atoms with Crippen molar-refractivity contribution in [3.63, 3.8) is 0 Å². The van der Waals surface area contributed by atoms with Gasteiger partial charge in [0.25, 0.3) is 0 Å². The fourth-order valence-corrected chi connectivity index (χ4v) is 6.03. The third kappa shape index (κ3) is 6.56. The fraction of sp³-hybridized carbons (Fsp3) is 0.429. The number of hydrogen-bond donors (Lipinski definition) is 0. The number of carbonyl (C=O) groups excluding carboxylic acids is 1. The summed E-state index contributed by atoms with van der Waals surface area (Å²) in [6.07, 6.45) is 3.06. The first-order valence-electron chi connectivity index (χ1n) is 16.0. The quantitative estimate of drug-likeness (QED) is 0.211. The Bertz CT molecular complexity index is 1860. The number of anilines is 1. The Kier molecular flexibility index (Phi) is 8.12. The molecule has 2 aliphatic heterocycles. The van der Waals surface area contributed by atoms with Gasteiger partial charge < -0.3 is 23.7 Å². The maximum absolute atomic E-state index is 12.8. The molecule has 0 aliphatic carbocycles. The molecule has 3 aromatic heterocycles. The third-order valence-corrected chi connectivity index (χ3v) is 8.61. The van der Waals surface area contributed by atoms with Crippen LogP contribution in [0, 0.1) is 0 Å². The molecule has 0 radical (unpaired) electrons. The number of piperazine rings is 1. The van der Waals surface area contributed by atoms with E-state index in [1.165, 1.54) is 0 Å². The Balaban J connectivity index is 1.01. The van der Waals surface area contributed by atoms with E-state index in [1.54, 1.807) is 6.07 Å². The monoisotopic (exact) mass is 623 g/mol. The highest BCUT2D eigenvalue weighted by Gasteiger charge is 2.26. The van der Waals surface area contributed by atoms with Crippen LogP contribution in [0.5, 0.6) is 5.88 Å². The molecular formula is C35H41N7O4. The number of esters is 1. The number of carbonyl (C=O) groups is 1. The number of pyridine rings is 1. The molecule has 11 nitrogen and oxygen atoms in total. The highest BCUT2D eigenvalue weighted by molar-refractivity contribution is 5.94. The summed E-state index contributed by atoms with van der Waals surface area (Å²) in [6, 6.07) is 17.9. The number of fused-ring (bicyclic) bond motifs is 2. The molecule has 2 fully saturated rings. The Labute approximate surface area is 268 Å². The van der Waals surface area contributed by atoms with Gasteiger partial charge in [-0.05, 0) is 63.1 Å². The summed E-state index contributed by atoms with van der Waals surface area (Å²) in [5.74, 6) is 2.19. The van der Waals surface area contributed by atoms with Crippen molar-refractivity contribution < 1.29 is 19.0 Å². The summed E-state index contributed by atoms with van der Waals surface area (Å²) in [5, 5.41) is 5.44. The Morgan fingerprint density at radius 1 is 1.00 bits per heavy atom. The molecule has 46 heavy (non-hydrogen) atoms. The summed E-state index contributed by atoms with van der Waals surface area (Å²) < 4.78 is 21.6. The van der Waals surface area contributed by atoms with E-state index in [9.17, 15) is 4.79 Å². The smallest absolute Gasteiger partial charge is 0.338 e. The second-order valence-corrected chi connectivity index (χ2v) is 13.2. The zero-order valence-electron chi connectivity index (χ0n) is 27.0. The van der Waals surface area contributed by atoms with Gasteiger partial charge >= 0.3 is 5.97 Å². The Hall–Kier alpha value is -4.48. The molecule has 5 heterocycles. The molecule has 2 aromatic carbocycles. The van der Waals surface area contributed by atoms with E-state index in [4.69, 9.17) is 24.2 Å². The van der Waals surface area contributed by atoms with Crippen LogP contribution in [0.2, 0.25) is 0 Å². The van der Waals surface area contributed by atoms with Crippen LogP contribution in [0.25, 0.3) is 21.9 Å². The highest BCUT2D eigenvalue weighted by atomic mass is 16.6. The number of hydrogen-bond acceptors (Lipinski definition) is 9. The first-order chi connectivity index (χ1) is 22.2. The minimum Gasteiger partial charge on any atom is -0.473 e. The molecule has 0 saturated carbocycles. The number of aromatic nitrogens is 5. The van der Waals surface area contributed by atoms with Gasteiger partial charge in [-0.25, -0.2) is 9.78 Å². The molecule has 2 saturated heterocycles. The predicted molar refractivity (Wildman–Crippen MR) is 176 cm³/mol. The number of aryl methyl sites for hydroxylation is 1. The van der Waals surface area contributed by atoms with Crippen LogP contribution < -0.4 is 9.64 Å².